The van der Waals surface area contributed by atoms with Gasteiger partial charge in [-0.1, -0.05) is 47.7 Å². The molecule has 1 aromatic heterocycles. The van der Waals surface area contributed by atoms with E-state index in [1.54, 1.807) is 23.9 Å². The minimum Gasteiger partial charge on any atom is -0.366 e. The van der Waals surface area contributed by atoms with Gasteiger partial charge in [-0.3, -0.25) is 4.79 Å². The second-order valence-corrected chi connectivity index (χ2v) is 5.85. The van der Waals surface area contributed by atoms with E-state index in [0.29, 0.717) is 11.1 Å². The van der Waals surface area contributed by atoms with Crippen LogP contribution in [0.3, 0.4) is 0 Å². The molecular weight excluding hydrogens is 282 g/mol. The number of carbonyl (C=O) groups excluding carboxylic acids is 1. The molecule has 0 saturated heterocycles. The minimum atomic E-state index is -0.456. The third-order valence-electron chi connectivity index (χ3n) is 3.25. The van der Waals surface area contributed by atoms with Gasteiger partial charge >= 0.3 is 0 Å². The van der Waals surface area contributed by atoms with E-state index >= 15 is 0 Å². The predicted octanol–water partition coefficient (Wildman–Crippen LogP) is 3.26. The summed E-state index contributed by atoms with van der Waals surface area (Å²) in [5.74, 6) is 0.369. The van der Waals surface area contributed by atoms with Crippen LogP contribution in [0.15, 0.2) is 47.6 Å². The van der Waals surface area contributed by atoms with E-state index in [4.69, 9.17) is 5.73 Å². The molecule has 0 aliphatic rings. The van der Waals surface area contributed by atoms with Crippen molar-refractivity contribution >= 4 is 28.7 Å². The summed E-state index contributed by atoms with van der Waals surface area (Å²) in [5.41, 5.74) is 9.77. The van der Waals surface area contributed by atoms with Gasteiger partial charge in [-0.25, -0.2) is 4.98 Å². The number of para-hydroxylation sites is 1. The molecule has 0 spiro atoms. The number of thioether (sulfide) groups is 1. The van der Waals surface area contributed by atoms with E-state index in [-0.39, 0.29) is 0 Å². The molecule has 0 atom stereocenters. The van der Waals surface area contributed by atoms with Gasteiger partial charge < -0.3 is 10.7 Å². The molecule has 0 saturated carbocycles. The lowest BCUT2D eigenvalue weighted by molar-refractivity contribution is 0.100. The quantitative estimate of drug-likeness (QED) is 0.726. The van der Waals surface area contributed by atoms with E-state index in [0.717, 1.165) is 16.4 Å². The number of carbonyl (C=O) groups is 1. The number of nitrogens with one attached hydrogen (secondary N) is 1. The first-order valence-electron chi connectivity index (χ1n) is 6.60. The number of hydrogen-bond donors (Lipinski definition) is 2. The summed E-state index contributed by atoms with van der Waals surface area (Å²) < 4.78 is 0. The fraction of sp³-hybridized carbons (Fsp3) is 0.125. The third kappa shape index (κ3) is 2.92. The number of H-pyrrole nitrogens is 1. The molecule has 3 aromatic rings. The molecule has 4 nitrogen and oxygen atoms in total. The fourth-order valence-corrected chi connectivity index (χ4v) is 2.95. The number of primary amides is 1. The summed E-state index contributed by atoms with van der Waals surface area (Å²) in [4.78, 5) is 19.1. The number of imidazole rings is 1. The Labute approximate surface area is 126 Å². The molecule has 106 valence electrons. The molecule has 0 aliphatic carbocycles. The van der Waals surface area contributed by atoms with Crippen molar-refractivity contribution < 1.29 is 4.79 Å². The Morgan fingerprint density at radius 3 is 2.71 bits per heavy atom. The lowest BCUT2D eigenvalue weighted by atomic mass is 10.2. The van der Waals surface area contributed by atoms with Gasteiger partial charge in [0.15, 0.2) is 5.16 Å². The number of amides is 1. The number of fused-ring (bicyclic) bond motifs is 1. The van der Waals surface area contributed by atoms with E-state index in [1.807, 2.05) is 6.07 Å². The average molecular weight is 297 g/mol. The highest BCUT2D eigenvalue weighted by atomic mass is 32.2. The van der Waals surface area contributed by atoms with Crippen LogP contribution in [0.25, 0.3) is 11.0 Å². The highest BCUT2D eigenvalue weighted by molar-refractivity contribution is 7.98. The Hall–Kier alpha value is -2.27. The van der Waals surface area contributed by atoms with Crippen LogP contribution in [-0.2, 0) is 5.75 Å². The molecule has 0 radical (unpaired) electrons. The van der Waals surface area contributed by atoms with Gasteiger partial charge in [-0.2, -0.15) is 0 Å². The lowest BCUT2D eigenvalue weighted by Crippen LogP contribution is -2.11. The number of benzene rings is 2. The standard InChI is InChI=1S/C16H15N3OS/c1-10-5-7-11(8-6-10)9-21-16-18-13-4-2-3-12(15(17)20)14(13)19-16/h2-8H,9H2,1H3,(H2,17,20)(H,18,19). The van der Waals surface area contributed by atoms with Crippen molar-refractivity contribution in [1.82, 2.24) is 9.97 Å². The summed E-state index contributed by atoms with van der Waals surface area (Å²) in [6, 6.07) is 13.8. The fourth-order valence-electron chi connectivity index (χ4n) is 2.11. The molecule has 0 fully saturated rings. The molecular formula is C16H15N3OS. The van der Waals surface area contributed by atoms with Crippen molar-refractivity contribution in [1.29, 1.82) is 0 Å². The van der Waals surface area contributed by atoms with Gasteiger partial charge in [0.2, 0.25) is 0 Å². The number of aromatic nitrogens is 2. The summed E-state index contributed by atoms with van der Waals surface area (Å²) >= 11 is 1.61. The Morgan fingerprint density at radius 2 is 2.00 bits per heavy atom. The third-order valence-corrected chi connectivity index (χ3v) is 4.20. The van der Waals surface area contributed by atoms with Crippen LogP contribution < -0.4 is 5.73 Å². The van der Waals surface area contributed by atoms with Crippen LogP contribution in [0.4, 0.5) is 0 Å². The zero-order valence-corrected chi connectivity index (χ0v) is 12.4. The van der Waals surface area contributed by atoms with E-state index < -0.39 is 5.91 Å². The highest BCUT2D eigenvalue weighted by Gasteiger charge is 2.11. The van der Waals surface area contributed by atoms with Crippen molar-refractivity contribution in [2.75, 3.05) is 0 Å². The Balaban J connectivity index is 1.83. The van der Waals surface area contributed by atoms with Crippen LogP contribution in [0.5, 0.6) is 0 Å². The van der Waals surface area contributed by atoms with Crippen LogP contribution >= 0.6 is 11.8 Å². The van der Waals surface area contributed by atoms with Gasteiger partial charge in [0, 0.05) is 5.75 Å². The summed E-state index contributed by atoms with van der Waals surface area (Å²) in [7, 11) is 0. The SMILES string of the molecule is Cc1ccc(CSc2nc3c(C(N)=O)cccc3[nH]2)cc1. The maximum atomic E-state index is 11.4. The summed E-state index contributed by atoms with van der Waals surface area (Å²) in [6.07, 6.45) is 0. The first kappa shape index (κ1) is 13.7. The monoisotopic (exact) mass is 297 g/mol. The summed E-state index contributed by atoms with van der Waals surface area (Å²) in [6.45, 7) is 2.07. The zero-order chi connectivity index (χ0) is 14.8. The Morgan fingerprint density at radius 1 is 1.24 bits per heavy atom. The van der Waals surface area contributed by atoms with Gasteiger partial charge in [0.25, 0.3) is 5.91 Å². The van der Waals surface area contributed by atoms with Crippen molar-refractivity contribution in [2.24, 2.45) is 5.73 Å². The van der Waals surface area contributed by atoms with E-state index in [1.165, 1.54) is 11.1 Å². The number of aromatic amines is 1. The molecule has 3 N–H and O–H groups in total. The van der Waals surface area contributed by atoms with Gasteiger partial charge in [-0.15, -0.1) is 0 Å². The van der Waals surface area contributed by atoms with Crippen molar-refractivity contribution in [3.63, 3.8) is 0 Å². The van der Waals surface area contributed by atoms with Crippen molar-refractivity contribution in [2.45, 2.75) is 17.8 Å². The van der Waals surface area contributed by atoms with Crippen LogP contribution in [0.1, 0.15) is 21.5 Å². The van der Waals surface area contributed by atoms with Crippen LogP contribution in [0.2, 0.25) is 0 Å². The van der Waals surface area contributed by atoms with Crippen LogP contribution in [0, 0.1) is 6.92 Å². The normalized spacial score (nSPS) is 10.9. The molecule has 0 unspecified atom stereocenters. The maximum absolute atomic E-state index is 11.4. The Kier molecular flexibility index (Phi) is 3.66. The molecule has 2 aromatic carbocycles. The van der Waals surface area contributed by atoms with Gasteiger partial charge in [-0.05, 0) is 24.6 Å². The topological polar surface area (TPSA) is 71.8 Å². The molecule has 3 rings (SSSR count). The number of rotatable bonds is 4. The number of aryl methyl sites for hydroxylation is 1. The second kappa shape index (κ2) is 5.61. The molecule has 0 bridgehead atoms. The first-order valence-corrected chi connectivity index (χ1v) is 7.59. The van der Waals surface area contributed by atoms with Crippen molar-refractivity contribution in [3.05, 3.63) is 59.2 Å². The molecule has 1 amide bonds. The second-order valence-electron chi connectivity index (χ2n) is 4.88. The molecule has 0 aliphatic heterocycles. The lowest BCUT2D eigenvalue weighted by Gasteiger charge is -1.99. The maximum Gasteiger partial charge on any atom is 0.250 e. The molecule has 21 heavy (non-hydrogen) atoms. The van der Waals surface area contributed by atoms with Crippen LogP contribution in [-0.4, -0.2) is 15.9 Å². The highest BCUT2D eigenvalue weighted by Crippen LogP contribution is 2.24. The van der Waals surface area contributed by atoms with E-state index in [2.05, 4.69) is 41.2 Å². The predicted molar refractivity (Wildman–Crippen MR) is 85.4 cm³/mol. The smallest absolute Gasteiger partial charge is 0.250 e. The number of nitrogens with two attached hydrogens (primary N) is 1. The average Bonchev–Trinajstić information content (AvgIpc) is 2.89. The number of nitrogens with zero attached hydrogens (tertiary/aromatic N) is 1. The molecule has 5 heteroatoms. The summed E-state index contributed by atoms with van der Waals surface area (Å²) in [5, 5.41) is 0.791. The van der Waals surface area contributed by atoms with Crippen molar-refractivity contribution in [3.8, 4) is 0 Å². The zero-order valence-electron chi connectivity index (χ0n) is 11.6. The van der Waals surface area contributed by atoms with Gasteiger partial charge in [0.1, 0.15) is 5.52 Å². The Bertz CT molecular complexity index is 793. The van der Waals surface area contributed by atoms with Gasteiger partial charge in [0.05, 0.1) is 11.1 Å². The molecule has 1 heterocycles. The van der Waals surface area contributed by atoms with E-state index in [9.17, 15) is 4.79 Å². The number of hydrogen-bond acceptors (Lipinski definition) is 3. The first-order chi connectivity index (χ1) is 10.1. The minimum absolute atomic E-state index is 0.450. The largest absolute Gasteiger partial charge is 0.366 e.